The number of hydrogen-bond donors (Lipinski definition) is 0. The molecule has 0 aliphatic heterocycles. The molecule has 11 aromatic carbocycles. The molecule has 0 atom stereocenters. The Balaban J connectivity index is 0.939. The number of fused-ring (bicyclic) bond motifs is 9. The lowest BCUT2D eigenvalue weighted by molar-refractivity contribution is 0.768. The van der Waals surface area contributed by atoms with Crippen molar-refractivity contribution in [3.05, 3.63) is 295 Å². The lowest BCUT2D eigenvalue weighted by Gasteiger charge is -2.35. The first kappa shape index (κ1) is 39.9. The standard InChI is InChI=1S/C67H45N3/c1-4-18-48(19-5-1)67(49-20-6-2-7-21-49)61-28-14-10-24-55(61)56-42-41-54(45-62(56)67)68(52-37-39-53(40-38-52)70-63-29-15-11-25-57(63)58-26-12-16-30-64(58)70)51-35-32-46(33-36-51)47-34-43-66-60(44-47)59-27-13-17-31-65(59)69(66)50-22-8-3-9-23-50/h1-45H. The molecular formula is C67H45N3. The van der Waals surface area contributed by atoms with Crippen LogP contribution in [0.5, 0.6) is 0 Å². The molecule has 1 aliphatic carbocycles. The molecule has 0 fully saturated rings. The van der Waals surface area contributed by atoms with Crippen molar-refractivity contribution in [2.75, 3.05) is 4.90 Å². The van der Waals surface area contributed by atoms with E-state index in [1.165, 1.54) is 88.1 Å². The van der Waals surface area contributed by atoms with E-state index in [9.17, 15) is 0 Å². The predicted octanol–water partition coefficient (Wildman–Crippen LogP) is 17.4. The molecule has 0 saturated heterocycles. The normalized spacial score (nSPS) is 12.7. The van der Waals surface area contributed by atoms with Gasteiger partial charge in [-0.3, -0.25) is 0 Å². The highest BCUT2D eigenvalue weighted by molar-refractivity contribution is 6.11. The summed E-state index contributed by atoms with van der Waals surface area (Å²) >= 11 is 0. The van der Waals surface area contributed by atoms with Gasteiger partial charge in [0.1, 0.15) is 0 Å². The zero-order chi connectivity index (χ0) is 46.2. The van der Waals surface area contributed by atoms with Crippen LogP contribution in [-0.4, -0.2) is 9.13 Å². The van der Waals surface area contributed by atoms with Crippen molar-refractivity contribution in [1.29, 1.82) is 0 Å². The van der Waals surface area contributed by atoms with Gasteiger partial charge in [-0.25, -0.2) is 0 Å². The van der Waals surface area contributed by atoms with Gasteiger partial charge in [-0.05, 0) is 136 Å². The molecular weight excluding hydrogens is 847 g/mol. The second-order valence-electron chi connectivity index (χ2n) is 18.4. The van der Waals surface area contributed by atoms with Crippen LogP contribution in [-0.2, 0) is 5.41 Å². The van der Waals surface area contributed by atoms with Crippen LogP contribution < -0.4 is 4.90 Å². The van der Waals surface area contributed by atoms with E-state index in [1.807, 2.05) is 0 Å². The van der Waals surface area contributed by atoms with Gasteiger partial charge in [-0.15, -0.1) is 0 Å². The number of benzene rings is 11. The number of hydrogen-bond acceptors (Lipinski definition) is 1. The number of aromatic nitrogens is 2. The lowest BCUT2D eigenvalue weighted by Crippen LogP contribution is -2.28. The lowest BCUT2D eigenvalue weighted by atomic mass is 9.67. The van der Waals surface area contributed by atoms with Crippen molar-refractivity contribution in [3.63, 3.8) is 0 Å². The Labute approximate surface area is 407 Å². The zero-order valence-electron chi connectivity index (χ0n) is 38.3. The molecule has 0 spiro atoms. The molecule has 0 amide bonds. The molecule has 14 rings (SSSR count). The SMILES string of the molecule is c1ccc(-n2c3ccccc3c3cc(-c4ccc(N(c5ccc(-n6c7ccccc7c7ccccc76)cc5)c5ccc6c(c5)C(c5ccccc5)(c5ccccc5)c5ccccc5-6)cc4)ccc32)cc1. The Hall–Kier alpha value is -9.18. The third-order valence-electron chi connectivity index (χ3n) is 14.8. The monoisotopic (exact) mass is 891 g/mol. The molecule has 70 heavy (non-hydrogen) atoms. The topological polar surface area (TPSA) is 13.1 Å². The molecule has 2 heterocycles. The maximum absolute atomic E-state index is 2.46. The maximum Gasteiger partial charge on any atom is 0.0714 e. The Kier molecular flexibility index (Phi) is 9.11. The van der Waals surface area contributed by atoms with Gasteiger partial charge in [0, 0.05) is 50.0 Å². The van der Waals surface area contributed by atoms with Crippen LogP contribution in [0.15, 0.2) is 273 Å². The highest BCUT2D eigenvalue weighted by Gasteiger charge is 2.46. The van der Waals surface area contributed by atoms with Crippen molar-refractivity contribution in [3.8, 4) is 33.6 Å². The fourth-order valence-electron chi connectivity index (χ4n) is 11.8. The first-order valence-corrected chi connectivity index (χ1v) is 24.2. The summed E-state index contributed by atoms with van der Waals surface area (Å²) in [7, 11) is 0. The van der Waals surface area contributed by atoms with Crippen molar-refractivity contribution in [2.24, 2.45) is 0 Å². The van der Waals surface area contributed by atoms with E-state index < -0.39 is 5.41 Å². The fraction of sp³-hybridized carbons (Fsp3) is 0.0149. The zero-order valence-corrected chi connectivity index (χ0v) is 38.3. The van der Waals surface area contributed by atoms with Gasteiger partial charge in [0.15, 0.2) is 0 Å². The minimum atomic E-state index is -0.525. The first-order valence-electron chi connectivity index (χ1n) is 24.2. The van der Waals surface area contributed by atoms with E-state index in [2.05, 4.69) is 287 Å². The molecule has 13 aromatic rings. The number of rotatable bonds is 8. The molecule has 0 N–H and O–H groups in total. The molecule has 2 aromatic heterocycles. The van der Waals surface area contributed by atoms with Crippen LogP contribution in [0.1, 0.15) is 22.3 Å². The molecule has 0 radical (unpaired) electrons. The minimum absolute atomic E-state index is 0.525. The molecule has 3 heteroatoms. The van der Waals surface area contributed by atoms with Gasteiger partial charge in [-0.1, -0.05) is 182 Å². The second-order valence-corrected chi connectivity index (χ2v) is 18.4. The summed E-state index contributed by atoms with van der Waals surface area (Å²) in [6, 6.07) is 100. The minimum Gasteiger partial charge on any atom is -0.310 e. The van der Waals surface area contributed by atoms with Crippen molar-refractivity contribution in [2.45, 2.75) is 5.41 Å². The van der Waals surface area contributed by atoms with Crippen LogP contribution in [0.25, 0.3) is 77.2 Å². The van der Waals surface area contributed by atoms with E-state index in [1.54, 1.807) is 0 Å². The van der Waals surface area contributed by atoms with Gasteiger partial charge in [0.2, 0.25) is 0 Å². The molecule has 328 valence electrons. The third kappa shape index (κ3) is 6.01. The van der Waals surface area contributed by atoms with Gasteiger partial charge >= 0.3 is 0 Å². The van der Waals surface area contributed by atoms with Crippen molar-refractivity contribution >= 4 is 60.7 Å². The molecule has 0 unspecified atom stereocenters. The molecule has 3 nitrogen and oxygen atoms in total. The molecule has 0 saturated carbocycles. The van der Waals surface area contributed by atoms with Crippen LogP contribution in [0.3, 0.4) is 0 Å². The highest BCUT2D eigenvalue weighted by Crippen LogP contribution is 2.57. The van der Waals surface area contributed by atoms with Gasteiger partial charge < -0.3 is 14.0 Å². The van der Waals surface area contributed by atoms with E-state index in [0.717, 1.165) is 28.4 Å². The average Bonchev–Trinajstić information content (AvgIpc) is 4.06. The van der Waals surface area contributed by atoms with Crippen LogP contribution in [0.4, 0.5) is 17.1 Å². The Morgan fingerprint density at radius 1 is 0.271 bits per heavy atom. The Bertz CT molecular complexity index is 4000. The quantitative estimate of drug-likeness (QED) is 0.148. The van der Waals surface area contributed by atoms with Crippen molar-refractivity contribution < 1.29 is 0 Å². The summed E-state index contributed by atoms with van der Waals surface area (Å²) in [6.45, 7) is 0. The largest absolute Gasteiger partial charge is 0.310 e. The number of anilines is 3. The molecule has 1 aliphatic rings. The third-order valence-corrected chi connectivity index (χ3v) is 14.8. The van der Waals surface area contributed by atoms with Crippen LogP contribution >= 0.6 is 0 Å². The van der Waals surface area contributed by atoms with Gasteiger partial charge in [0.05, 0.1) is 27.5 Å². The van der Waals surface area contributed by atoms with Crippen LogP contribution in [0.2, 0.25) is 0 Å². The summed E-state index contributed by atoms with van der Waals surface area (Å²) in [4.78, 5) is 2.43. The van der Waals surface area contributed by atoms with E-state index >= 15 is 0 Å². The fourth-order valence-corrected chi connectivity index (χ4v) is 11.8. The summed E-state index contributed by atoms with van der Waals surface area (Å²) in [5.74, 6) is 0. The maximum atomic E-state index is 2.46. The summed E-state index contributed by atoms with van der Waals surface area (Å²) in [6.07, 6.45) is 0. The Morgan fingerprint density at radius 2 is 0.700 bits per heavy atom. The van der Waals surface area contributed by atoms with Crippen LogP contribution in [0, 0.1) is 0 Å². The highest BCUT2D eigenvalue weighted by atomic mass is 15.1. The number of nitrogens with zero attached hydrogens (tertiary/aromatic N) is 3. The summed E-state index contributed by atoms with van der Waals surface area (Å²) < 4.78 is 4.77. The van der Waals surface area contributed by atoms with Gasteiger partial charge in [-0.2, -0.15) is 0 Å². The average molecular weight is 892 g/mol. The Morgan fingerprint density at radius 3 is 1.30 bits per heavy atom. The van der Waals surface area contributed by atoms with Gasteiger partial charge in [0.25, 0.3) is 0 Å². The number of para-hydroxylation sites is 4. The smallest absolute Gasteiger partial charge is 0.0714 e. The summed E-state index contributed by atoms with van der Waals surface area (Å²) in [5.41, 5.74) is 19.8. The van der Waals surface area contributed by atoms with Crippen molar-refractivity contribution in [1.82, 2.24) is 9.13 Å². The molecule has 0 bridgehead atoms. The first-order chi connectivity index (χ1) is 34.7. The predicted molar refractivity (Wildman–Crippen MR) is 293 cm³/mol. The summed E-state index contributed by atoms with van der Waals surface area (Å²) in [5, 5.41) is 5.00. The van der Waals surface area contributed by atoms with E-state index in [0.29, 0.717) is 0 Å². The second kappa shape index (κ2) is 16.0. The van der Waals surface area contributed by atoms with E-state index in [4.69, 9.17) is 0 Å². The van der Waals surface area contributed by atoms with E-state index in [-0.39, 0.29) is 0 Å².